The second-order valence-electron chi connectivity index (χ2n) is 10.4. The van der Waals surface area contributed by atoms with Gasteiger partial charge in [0.2, 0.25) is 0 Å². The van der Waals surface area contributed by atoms with Crippen molar-refractivity contribution >= 4 is 51.7 Å². The lowest BCUT2D eigenvalue weighted by Gasteiger charge is -2.44. The van der Waals surface area contributed by atoms with Crippen LogP contribution in [0.2, 0.25) is 10.2 Å². The predicted molar refractivity (Wildman–Crippen MR) is 160 cm³/mol. The van der Waals surface area contributed by atoms with Gasteiger partial charge in [-0.25, -0.2) is 19.9 Å². The van der Waals surface area contributed by atoms with E-state index in [9.17, 15) is 4.79 Å². The number of piperidine rings is 1. The van der Waals surface area contributed by atoms with Crippen molar-refractivity contribution in [3.05, 3.63) is 75.3 Å². The third kappa shape index (κ3) is 5.96. The molecule has 0 amide bonds. The summed E-state index contributed by atoms with van der Waals surface area (Å²) in [5.74, 6) is 0.827. The van der Waals surface area contributed by atoms with Gasteiger partial charge < -0.3 is 15.4 Å². The molecule has 12 heteroatoms. The number of fused-ring (bicyclic) bond motifs is 1. The molecule has 0 unspecified atom stereocenters. The Morgan fingerprint density at radius 2 is 1.90 bits per heavy atom. The van der Waals surface area contributed by atoms with Gasteiger partial charge in [0.15, 0.2) is 0 Å². The van der Waals surface area contributed by atoms with Gasteiger partial charge in [0.05, 0.1) is 47.3 Å². The van der Waals surface area contributed by atoms with E-state index in [1.165, 1.54) is 22.7 Å². The summed E-state index contributed by atoms with van der Waals surface area (Å²) in [5.41, 5.74) is 7.65. The average Bonchev–Trinajstić information content (AvgIpc) is 2.96. The number of halogens is 2. The van der Waals surface area contributed by atoms with Crippen LogP contribution in [0.25, 0.3) is 10.9 Å². The molecule has 5 rings (SSSR count). The zero-order valence-electron chi connectivity index (χ0n) is 22.6. The molecule has 0 spiro atoms. The topological polar surface area (TPSA) is 112 Å². The molecular formula is C28H31Cl2N7O2S. The number of ether oxygens (including phenoxy) is 1. The van der Waals surface area contributed by atoms with Crippen LogP contribution in [0.5, 0.6) is 0 Å². The largest absolute Gasteiger partial charge is 0.380 e. The summed E-state index contributed by atoms with van der Waals surface area (Å²) >= 11 is 14.1. The molecule has 1 fully saturated rings. The van der Waals surface area contributed by atoms with Gasteiger partial charge in [0.25, 0.3) is 5.56 Å². The van der Waals surface area contributed by atoms with Crippen LogP contribution < -0.4 is 16.2 Å². The summed E-state index contributed by atoms with van der Waals surface area (Å²) in [6.07, 6.45) is 8.55. The number of hydrogen-bond acceptors (Lipinski definition) is 9. The summed E-state index contributed by atoms with van der Waals surface area (Å²) < 4.78 is 6.98. The maximum atomic E-state index is 13.3. The van der Waals surface area contributed by atoms with E-state index < -0.39 is 0 Å². The summed E-state index contributed by atoms with van der Waals surface area (Å²) in [5, 5.41) is 1.74. The molecule has 0 aliphatic carbocycles. The van der Waals surface area contributed by atoms with Crippen LogP contribution in [0, 0.1) is 5.41 Å². The van der Waals surface area contributed by atoms with E-state index in [2.05, 4.69) is 31.8 Å². The lowest BCUT2D eigenvalue weighted by atomic mass is 9.72. The van der Waals surface area contributed by atoms with Crippen molar-refractivity contribution in [2.24, 2.45) is 11.1 Å². The Labute approximate surface area is 247 Å². The van der Waals surface area contributed by atoms with Gasteiger partial charge in [-0.3, -0.25) is 9.36 Å². The first-order valence-corrected chi connectivity index (χ1v) is 14.6. The monoisotopic (exact) mass is 599 g/mol. The van der Waals surface area contributed by atoms with Crippen LogP contribution in [-0.2, 0) is 11.3 Å². The highest BCUT2D eigenvalue weighted by atomic mass is 35.5. The molecule has 1 aliphatic heterocycles. The fourth-order valence-corrected chi connectivity index (χ4v) is 6.36. The number of hydrogen-bond donors (Lipinski definition) is 1. The second-order valence-corrected chi connectivity index (χ2v) is 12.2. The van der Waals surface area contributed by atoms with Gasteiger partial charge >= 0.3 is 0 Å². The fraction of sp³-hybridized carbons (Fsp3) is 0.393. The van der Waals surface area contributed by atoms with Crippen LogP contribution in [0.1, 0.15) is 32.3 Å². The molecule has 4 aromatic rings. The van der Waals surface area contributed by atoms with Crippen LogP contribution in [0.15, 0.2) is 63.9 Å². The second kappa shape index (κ2) is 12.0. The minimum absolute atomic E-state index is 0.00810. The maximum absolute atomic E-state index is 13.3. The number of rotatable bonds is 8. The van der Waals surface area contributed by atoms with Crippen molar-refractivity contribution in [3.63, 3.8) is 0 Å². The lowest BCUT2D eigenvalue weighted by molar-refractivity contribution is 0.0359. The molecule has 1 aromatic carbocycles. The molecule has 2 N–H and O–H groups in total. The number of nitrogens with zero attached hydrogens (tertiary/aromatic N) is 6. The number of benzene rings is 1. The SMILES string of the molecule is CO[C@@H](C)[C@@H](N)C1(C)CCN(c2cnc(Sc3ccc4ncn(Cc5ccnc(Cl)c5)c(=O)c4c3Cl)cn2)CC1. The molecule has 0 radical (unpaired) electrons. The minimum Gasteiger partial charge on any atom is -0.380 e. The van der Waals surface area contributed by atoms with E-state index in [-0.39, 0.29) is 23.1 Å². The van der Waals surface area contributed by atoms with Gasteiger partial charge in [-0.05, 0) is 55.0 Å². The van der Waals surface area contributed by atoms with Gasteiger partial charge in [0, 0.05) is 37.3 Å². The first-order valence-electron chi connectivity index (χ1n) is 13.0. The molecule has 4 heterocycles. The smallest absolute Gasteiger partial charge is 0.263 e. The predicted octanol–water partition coefficient (Wildman–Crippen LogP) is 5.06. The molecule has 0 saturated carbocycles. The molecule has 1 saturated heterocycles. The zero-order chi connectivity index (χ0) is 28.4. The van der Waals surface area contributed by atoms with Gasteiger partial charge in [0.1, 0.15) is 16.0 Å². The summed E-state index contributed by atoms with van der Waals surface area (Å²) in [7, 11) is 1.71. The number of aromatic nitrogens is 5. The minimum atomic E-state index is -0.233. The molecule has 9 nitrogen and oxygen atoms in total. The Bertz CT molecular complexity index is 1560. The third-order valence-corrected chi connectivity index (χ3v) is 9.47. The lowest BCUT2D eigenvalue weighted by Crippen LogP contribution is -2.53. The first-order chi connectivity index (χ1) is 19.2. The number of nitrogens with two attached hydrogens (primary N) is 1. The first kappa shape index (κ1) is 28.8. The molecule has 1 aliphatic rings. The molecule has 40 heavy (non-hydrogen) atoms. The van der Waals surface area contributed by atoms with Gasteiger partial charge in [-0.2, -0.15) is 0 Å². The van der Waals surface area contributed by atoms with Gasteiger partial charge in [-0.1, -0.05) is 41.9 Å². The van der Waals surface area contributed by atoms with Crippen LogP contribution in [0.3, 0.4) is 0 Å². The number of methoxy groups -OCH3 is 1. The van der Waals surface area contributed by atoms with E-state index in [1.54, 1.807) is 43.9 Å². The summed E-state index contributed by atoms with van der Waals surface area (Å²) in [4.78, 5) is 34.0. The van der Waals surface area contributed by atoms with Crippen molar-refractivity contribution in [2.75, 3.05) is 25.1 Å². The average molecular weight is 601 g/mol. The standard InChI is InChI=1S/C28H31Cl2N7O2S/c1-17(39-3)26(31)28(2)7-10-36(11-8-28)22-13-34-23(14-33-22)40-20-5-4-19-24(25(20)30)27(38)37(16-35-19)15-18-6-9-32-21(29)12-18/h4-6,9,12-14,16-17,26H,7-8,10-11,15,31H2,1-3H3/t17-,26+/m0/s1. The molecule has 0 bridgehead atoms. The van der Waals surface area contributed by atoms with E-state index in [0.717, 1.165) is 37.3 Å². The van der Waals surface area contributed by atoms with E-state index in [1.807, 2.05) is 13.0 Å². The zero-order valence-corrected chi connectivity index (χ0v) is 24.9. The van der Waals surface area contributed by atoms with Crippen LogP contribution in [0.4, 0.5) is 5.82 Å². The Morgan fingerprint density at radius 3 is 2.58 bits per heavy atom. The van der Waals surface area contributed by atoms with E-state index in [4.69, 9.17) is 33.7 Å². The molecule has 3 aromatic heterocycles. The van der Waals surface area contributed by atoms with E-state index in [0.29, 0.717) is 37.5 Å². The fourth-order valence-electron chi connectivity index (χ4n) is 5.05. The van der Waals surface area contributed by atoms with Gasteiger partial charge in [-0.15, -0.1) is 0 Å². The number of pyridine rings is 1. The van der Waals surface area contributed by atoms with Crippen molar-refractivity contribution in [3.8, 4) is 0 Å². The highest BCUT2D eigenvalue weighted by Gasteiger charge is 2.38. The Hall–Kier alpha value is -2.76. The molecular weight excluding hydrogens is 569 g/mol. The Morgan fingerprint density at radius 1 is 1.12 bits per heavy atom. The van der Waals surface area contributed by atoms with Crippen molar-refractivity contribution in [1.82, 2.24) is 24.5 Å². The number of anilines is 1. The Balaban J connectivity index is 1.30. The highest BCUT2D eigenvalue weighted by Crippen LogP contribution is 2.38. The summed E-state index contributed by atoms with van der Waals surface area (Å²) in [6.45, 7) is 6.27. The normalized spacial score (nSPS) is 16.7. The van der Waals surface area contributed by atoms with E-state index >= 15 is 0 Å². The molecule has 210 valence electrons. The Kier molecular flexibility index (Phi) is 8.63. The highest BCUT2D eigenvalue weighted by molar-refractivity contribution is 7.99. The third-order valence-electron chi connectivity index (χ3n) is 7.78. The van der Waals surface area contributed by atoms with Crippen molar-refractivity contribution in [1.29, 1.82) is 0 Å². The molecule has 2 atom stereocenters. The van der Waals surface area contributed by atoms with Crippen molar-refractivity contribution in [2.45, 2.75) is 55.3 Å². The quantitative estimate of drug-likeness (QED) is 0.278. The van der Waals surface area contributed by atoms with Crippen LogP contribution in [-0.4, -0.2) is 56.8 Å². The summed E-state index contributed by atoms with van der Waals surface area (Å²) in [6, 6.07) is 7.14. The van der Waals surface area contributed by atoms with Crippen LogP contribution >= 0.6 is 35.0 Å². The maximum Gasteiger partial charge on any atom is 0.263 e. The van der Waals surface area contributed by atoms with Crippen molar-refractivity contribution < 1.29 is 4.74 Å².